The van der Waals surface area contributed by atoms with E-state index in [9.17, 15) is 0 Å². The highest BCUT2D eigenvalue weighted by Crippen LogP contribution is 2.30. The predicted octanol–water partition coefficient (Wildman–Crippen LogP) is 5.98. The van der Waals surface area contributed by atoms with Crippen LogP contribution in [0, 0.1) is 5.41 Å². The molecule has 0 radical (unpaired) electrons. The SMILES string of the molecule is C=CC(C)(C)C(CCCCCCCC)Oc1ccc(N)cc1. The van der Waals surface area contributed by atoms with Crippen LogP contribution < -0.4 is 10.5 Å². The Balaban J connectivity index is 2.53. The molecule has 0 aliphatic heterocycles. The smallest absolute Gasteiger partial charge is 0.119 e. The Bertz CT molecular complexity index is 422. The first-order valence-corrected chi connectivity index (χ1v) is 8.65. The maximum atomic E-state index is 6.23. The molecule has 0 saturated carbocycles. The molecule has 0 aliphatic carbocycles. The summed E-state index contributed by atoms with van der Waals surface area (Å²) in [6.45, 7) is 10.6. The van der Waals surface area contributed by atoms with Gasteiger partial charge in [0.1, 0.15) is 11.9 Å². The van der Waals surface area contributed by atoms with Gasteiger partial charge in [-0.25, -0.2) is 0 Å². The number of unbranched alkanes of at least 4 members (excludes halogenated alkanes) is 5. The zero-order valence-electron chi connectivity index (χ0n) is 14.6. The van der Waals surface area contributed by atoms with Crippen molar-refractivity contribution < 1.29 is 4.74 Å². The molecule has 2 nitrogen and oxygen atoms in total. The Kier molecular flexibility index (Phi) is 8.08. The molecule has 0 bridgehead atoms. The molecule has 1 aromatic rings. The van der Waals surface area contributed by atoms with Gasteiger partial charge in [0.25, 0.3) is 0 Å². The number of benzene rings is 1. The molecular weight excluding hydrogens is 270 g/mol. The molecule has 0 saturated heterocycles. The molecule has 1 atom stereocenters. The average Bonchev–Trinajstić information content (AvgIpc) is 2.51. The van der Waals surface area contributed by atoms with Crippen molar-refractivity contribution in [2.24, 2.45) is 5.41 Å². The van der Waals surface area contributed by atoms with E-state index in [2.05, 4.69) is 27.4 Å². The first-order valence-electron chi connectivity index (χ1n) is 8.65. The lowest BCUT2D eigenvalue weighted by atomic mass is 9.83. The lowest BCUT2D eigenvalue weighted by Crippen LogP contribution is -2.33. The van der Waals surface area contributed by atoms with E-state index in [1.54, 1.807) is 0 Å². The number of rotatable bonds is 11. The van der Waals surface area contributed by atoms with Crippen molar-refractivity contribution in [1.82, 2.24) is 0 Å². The number of nitrogens with two attached hydrogens (primary N) is 1. The first-order chi connectivity index (χ1) is 10.5. The Morgan fingerprint density at radius 1 is 1.09 bits per heavy atom. The fraction of sp³-hybridized carbons (Fsp3) is 0.600. The van der Waals surface area contributed by atoms with Gasteiger partial charge in [0.2, 0.25) is 0 Å². The minimum atomic E-state index is -0.0369. The average molecular weight is 303 g/mol. The first kappa shape index (κ1) is 18.6. The molecule has 124 valence electrons. The van der Waals surface area contributed by atoms with Crippen LogP contribution in [0.3, 0.4) is 0 Å². The molecule has 1 unspecified atom stereocenters. The van der Waals surface area contributed by atoms with E-state index in [4.69, 9.17) is 10.5 Å². The van der Waals surface area contributed by atoms with Crippen molar-refractivity contribution in [3.63, 3.8) is 0 Å². The number of ether oxygens (including phenoxy) is 1. The van der Waals surface area contributed by atoms with E-state index in [0.29, 0.717) is 0 Å². The summed E-state index contributed by atoms with van der Waals surface area (Å²) < 4.78 is 6.23. The van der Waals surface area contributed by atoms with Crippen molar-refractivity contribution >= 4 is 5.69 Å². The van der Waals surface area contributed by atoms with Crippen molar-refractivity contribution in [2.45, 2.75) is 71.8 Å². The standard InChI is InChI=1S/C20H33NO/c1-5-7-8-9-10-11-12-19(20(3,4)6-2)22-18-15-13-17(21)14-16-18/h6,13-16,19H,2,5,7-12,21H2,1,3-4H3. The molecule has 0 aromatic heterocycles. The van der Waals surface area contributed by atoms with Crippen LogP contribution in [0.2, 0.25) is 0 Å². The van der Waals surface area contributed by atoms with Gasteiger partial charge in [0.15, 0.2) is 0 Å². The zero-order valence-corrected chi connectivity index (χ0v) is 14.6. The summed E-state index contributed by atoms with van der Waals surface area (Å²) in [6.07, 6.45) is 11.1. The molecule has 2 heteroatoms. The molecule has 0 aliphatic rings. The second-order valence-electron chi connectivity index (χ2n) is 6.76. The second-order valence-corrected chi connectivity index (χ2v) is 6.76. The fourth-order valence-electron chi connectivity index (χ4n) is 2.53. The molecule has 0 fully saturated rings. The van der Waals surface area contributed by atoms with E-state index in [1.165, 1.54) is 38.5 Å². The fourth-order valence-corrected chi connectivity index (χ4v) is 2.53. The zero-order chi connectivity index (χ0) is 16.4. The van der Waals surface area contributed by atoms with Crippen molar-refractivity contribution in [3.05, 3.63) is 36.9 Å². The maximum absolute atomic E-state index is 6.23. The van der Waals surface area contributed by atoms with Crippen molar-refractivity contribution in [2.75, 3.05) is 5.73 Å². The van der Waals surface area contributed by atoms with Gasteiger partial charge in [-0.2, -0.15) is 0 Å². The van der Waals surface area contributed by atoms with Crippen LogP contribution in [0.4, 0.5) is 5.69 Å². The highest BCUT2D eigenvalue weighted by atomic mass is 16.5. The van der Waals surface area contributed by atoms with Crippen LogP contribution in [0.1, 0.15) is 65.7 Å². The number of anilines is 1. The predicted molar refractivity (Wildman–Crippen MR) is 97.2 cm³/mol. The molecule has 0 spiro atoms. The van der Waals surface area contributed by atoms with Gasteiger partial charge in [-0.3, -0.25) is 0 Å². The van der Waals surface area contributed by atoms with Crippen LogP contribution in [-0.4, -0.2) is 6.10 Å². The molecule has 0 heterocycles. The largest absolute Gasteiger partial charge is 0.490 e. The molecule has 0 amide bonds. The van der Waals surface area contributed by atoms with E-state index < -0.39 is 0 Å². The monoisotopic (exact) mass is 303 g/mol. The molecule has 1 rings (SSSR count). The number of hydrogen-bond donors (Lipinski definition) is 1. The second kappa shape index (κ2) is 9.55. The van der Waals surface area contributed by atoms with Gasteiger partial charge in [-0.1, -0.05) is 59.0 Å². The van der Waals surface area contributed by atoms with Crippen LogP contribution in [0.5, 0.6) is 5.75 Å². The highest BCUT2D eigenvalue weighted by Gasteiger charge is 2.27. The number of nitrogen functional groups attached to an aromatic ring is 1. The van der Waals surface area contributed by atoms with Gasteiger partial charge in [-0.15, -0.1) is 6.58 Å². The third-order valence-corrected chi connectivity index (χ3v) is 4.33. The Morgan fingerprint density at radius 3 is 2.27 bits per heavy atom. The minimum Gasteiger partial charge on any atom is -0.490 e. The van der Waals surface area contributed by atoms with Crippen molar-refractivity contribution in [1.29, 1.82) is 0 Å². The summed E-state index contributed by atoms with van der Waals surface area (Å²) in [5.41, 5.74) is 6.47. The maximum Gasteiger partial charge on any atom is 0.119 e. The quantitative estimate of drug-likeness (QED) is 0.310. The summed E-state index contributed by atoms with van der Waals surface area (Å²) in [5, 5.41) is 0. The summed E-state index contributed by atoms with van der Waals surface area (Å²) in [4.78, 5) is 0. The Labute approximate surface area is 136 Å². The van der Waals surface area contributed by atoms with Gasteiger partial charge in [0.05, 0.1) is 0 Å². The summed E-state index contributed by atoms with van der Waals surface area (Å²) in [6, 6.07) is 7.67. The van der Waals surface area contributed by atoms with E-state index in [-0.39, 0.29) is 11.5 Å². The molecule has 2 N–H and O–H groups in total. The molecule has 1 aromatic carbocycles. The Hall–Kier alpha value is -1.44. The van der Waals surface area contributed by atoms with Gasteiger partial charge >= 0.3 is 0 Å². The van der Waals surface area contributed by atoms with Gasteiger partial charge in [-0.05, 0) is 37.1 Å². The highest BCUT2D eigenvalue weighted by molar-refractivity contribution is 5.41. The van der Waals surface area contributed by atoms with E-state index in [0.717, 1.165) is 17.9 Å². The lowest BCUT2D eigenvalue weighted by Gasteiger charge is -2.32. The Morgan fingerprint density at radius 2 is 1.68 bits per heavy atom. The van der Waals surface area contributed by atoms with Crippen LogP contribution >= 0.6 is 0 Å². The van der Waals surface area contributed by atoms with Crippen LogP contribution in [-0.2, 0) is 0 Å². The number of hydrogen-bond acceptors (Lipinski definition) is 2. The molecular formula is C20H33NO. The third kappa shape index (κ3) is 6.55. The minimum absolute atomic E-state index is 0.0369. The summed E-state index contributed by atoms with van der Waals surface area (Å²) in [5.74, 6) is 0.889. The van der Waals surface area contributed by atoms with E-state index >= 15 is 0 Å². The summed E-state index contributed by atoms with van der Waals surface area (Å²) >= 11 is 0. The lowest BCUT2D eigenvalue weighted by molar-refractivity contribution is 0.0954. The normalized spacial score (nSPS) is 12.9. The third-order valence-electron chi connectivity index (χ3n) is 4.33. The van der Waals surface area contributed by atoms with Gasteiger partial charge in [0, 0.05) is 11.1 Å². The van der Waals surface area contributed by atoms with E-state index in [1.807, 2.05) is 30.3 Å². The van der Waals surface area contributed by atoms with Gasteiger partial charge < -0.3 is 10.5 Å². The molecule has 22 heavy (non-hydrogen) atoms. The topological polar surface area (TPSA) is 35.2 Å². The summed E-state index contributed by atoms with van der Waals surface area (Å²) in [7, 11) is 0. The van der Waals surface area contributed by atoms with Crippen LogP contribution in [0.25, 0.3) is 0 Å². The van der Waals surface area contributed by atoms with Crippen LogP contribution in [0.15, 0.2) is 36.9 Å². The van der Waals surface area contributed by atoms with Crippen molar-refractivity contribution in [3.8, 4) is 5.75 Å².